The van der Waals surface area contributed by atoms with E-state index in [4.69, 9.17) is 0 Å². The molecule has 0 aromatic heterocycles. The van der Waals surface area contributed by atoms with Crippen molar-refractivity contribution < 1.29 is 5.11 Å². The van der Waals surface area contributed by atoms with Gasteiger partial charge in [0.05, 0.1) is 6.10 Å². The smallest absolute Gasteiger partial charge is 0.0542 e. The van der Waals surface area contributed by atoms with E-state index in [2.05, 4.69) is 19.1 Å². The van der Waals surface area contributed by atoms with Crippen molar-refractivity contribution in [1.29, 1.82) is 0 Å². The summed E-state index contributed by atoms with van der Waals surface area (Å²) in [4.78, 5) is 0. The first-order valence-corrected chi connectivity index (χ1v) is 7.62. The zero-order valence-corrected chi connectivity index (χ0v) is 11.5. The molecule has 2 atom stereocenters. The molecule has 0 spiro atoms. The highest BCUT2D eigenvalue weighted by atomic mass is 16.3. The highest BCUT2D eigenvalue weighted by Gasteiger charge is 2.09. The number of aliphatic hydroxyl groups is 1. The van der Waals surface area contributed by atoms with Crippen LogP contribution < -0.4 is 0 Å². The quantitative estimate of drug-likeness (QED) is 0.598. The first-order valence-electron chi connectivity index (χ1n) is 7.62. The predicted molar refractivity (Wildman–Crippen MR) is 75.1 cm³/mol. The monoisotopic (exact) mass is 238 g/mol. The van der Waals surface area contributed by atoms with Crippen LogP contribution in [-0.4, -0.2) is 11.2 Å². The van der Waals surface area contributed by atoms with Gasteiger partial charge in [0.2, 0.25) is 0 Å². The Kier molecular flexibility index (Phi) is 8.42. The van der Waals surface area contributed by atoms with E-state index in [1.165, 1.54) is 57.8 Å². The third-order valence-electron chi connectivity index (χ3n) is 3.83. The summed E-state index contributed by atoms with van der Waals surface area (Å²) in [7, 11) is 0. The maximum atomic E-state index is 9.93. The van der Waals surface area contributed by atoms with E-state index in [0.717, 1.165) is 12.8 Å². The lowest BCUT2D eigenvalue weighted by atomic mass is 9.95. The van der Waals surface area contributed by atoms with Crippen LogP contribution in [0.4, 0.5) is 0 Å². The molecular weight excluding hydrogens is 208 g/mol. The van der Waals surface area contributed by atoms with Gasteiger partial charge < -0.3 is 5.11 Å². The molecule has 1 aliphatic rings. The van der Waals surface area contributed by atoms with Gasteiger partial charge >= 0.3 is 0 Å². The van der Waals surface area contributed by atoms with E-state index in [9.17, 15) is 5.11 Å². The molecule has 17 heavy (non-hydrogen) atoms. The molecule has 0 fully saturated rings. The van der Waals surface area contributed by atoms with Crippen LogP contribution in [0.5, 0.6) is 0 Å². The molecule has 0 aromatic carbocycles. The minimum atomic E-state index is -0.0564. The van der Waals surface area contributed by atoms with Gasteiger partial charge in [-0.1, -0.05) is 51.2 Å². The van der Waals surface area contributed by atoms with Crippen molar-refractivity contribution in [2.45, 2.75) is 83.7 Å². The summed E-state index contributed by atoms with van der Waals surface area (Å²) >= 11 is 0. The van der Waals surface area contributed by atoms with E-state index in [1.54, 1.807) is 0 Å². The van der Waals surface area contributed by atoms with Crippen LogP contribution in [0, 0.1) is 5.92 Å². The molecule has 0 saturated heterocycles. The normalized spacial score (nSPS) is 32.4. The standard InChI is InChI=1S/C16H30O/c1-15-12-10-8-6-4-2-3-5-7-9-11-13-16(17)14-15/h6,8,15-17H,2-5,7,9-14H2,1H3/b8-6+. The summed E-state index contributed by atoms with van der Waals surface area (Å²) in [5.41, 5.74) is 0. The van der Waals surface area contributed by atoms with Gasteiger partial charge in [0.25, 0.3) is 0 Å². The first kappa shape index (κ1) is 14.8. The topological polar surface area (TPSA) is 20.2 Å². The van der Waals surface area contributed by atoms with E-state index >= 15 is 0 Å². The fraction of sp³-hybridized carbons (Fsp3) is 0.875. The molecule has 1 heteroatoms. The van der Waals surface area contributed by atoms with Crippen molar-refractivity contribution in [3.05, 3.63) is 12.2 Å². The lowest BCUT2D eigenvalue weighted by Gasteiger charge is -2.15. The zero-order chi connectivity index (χ0) is 12.3. The van der Waals surface area contributed by atoms with Crippen molar-refractivity contribution in [1.82, 2.24) is 0 Å². The zero-order valence-electron chi connectivity index (χ0n) is 11.5. The lowest BCUT2D eigenvalue weighted by molar-refractivity contribution is 0.131. The Morgan fingerprint density at radius 1 is 0.824 bits per heavy atom. The highest BCUT2D eigenvalue weighted by molar-refractivity contribution is 4.82. The van der Waals surface area contributed by atoms with E-state index in [0.29, 0.717) is 5.92 Å². The van der Waals surface area contributed by atoms with Gasteiger partial charge in [0.1, 0.15) is 0 Å². The van der Waals surface area contributed by atoms with Gasteiger partial charge in [0, 0.05) is 0 Å². The fourth-order valence-electron chi connectivity index (χ4n) is 2.67. The lowest BCUT2D eigenvalue weighted by Crippen LogP contribution is -2.11. The predicted octanol–water partition coefficient (Wildman–Crippen LogP) is 4.84. The van der Waals surface area contributed by atoms with Crippen molar-refractivity contribution in [2.24, 2.45) is 5.92 Å². The average molecular weight is 238 g/mol. The maximum Gasteiger partial charge on any atom is 0.0542 e. The summed E-state index contributed by atoms with van der Waals surface area (Å²) in [6.07, 6.45) is 18.3. The van der Waals surface area contributed by atoms with Gasteiger partial charge in [-0.05, 0) is 44.4 Å². The molecule has 1 aliphatic carbocycles. The van der Waals surface area contributed by atoms with Crippen LogP contribution in [0.2, 0.25) is 0 Å². The average Bonchev–Trinajstić information content (AvgIpc) is 2.30. The van der Waals surface area contributed by atoms with Crippen LogP contribution >= 0.6 is 0 Å². The second kappa shape index (κ2) is 9.70. The number of hydrogen-bond acceptors (Lipinski definition) is 1. The summed E-state index contributed by atoms with van der Waals surface area (Å²) < 4.78 is 0. The molecule has 0 saturated carbocycles. The fourth-order valence-corrected chi connectivity index (χ4v) is 2.67. The minimum absolute atomic E-state index is 0.0564. The minimum Gasteiger partial charge on any atom is -0.393 e. The van der Waals surface area contributed by atoms with Crippen molar-refractivity contribution in [2.75, 3.05) is 0 Å². The Bertz CT molecular complexity index is 198. The summed E-state index contributed by atoms with van der Waals surface area (Å²) in [6, 6.07) is 0. The highest BCUT2D eigenvalue weighted by Crippen LogP contribution is 2.18. The Balaban J connectivity index is 2.28. The van der Waals surface area contributed by atoms with Crippen LogP contribution in [0.25, 0.3) is 0 Å². The molecule has 0 heterocycles. The largest absolute Gasteiger partial charge is 0.393 e. The van der Waals surface area contributed by atoms with Crippen LogP contribution in [0.1, 0.15) is 77.6 Å². The molecule has 0 aromatic rings. The molecule has 1 N–H and O–H groups in total. The molecule has 0 bridgehead atoms. The third kappa shape index (κ3) is 8.43. The number of hydrogen-bond donors (Lipinski definition) is 1. The second-order valence-corrected chi connectivity index (χ2v) is 5.74. The SMILES string of the molecule is CC1CC/C=C/CCCCCCCCC(O)C1. The Morgan fingerprint density at radius 2 is 1.47 bits per heavy atom. The molecule has 0 aliphatic heterocycles. The molecular formula is C16H30O. The van der Waals surface area contributed by atoms with Crippen LogP contribution in [0.3, 0.4) is 0 Å². The van der Waals surface area contributed by atoms with Crippen LogP contribution in [-0.2, 0) is 0 Å². The molecule has 0 radical (unpaired) electrons. The third-order valence-corrected chi connectivity index (χ3v) is 3.83. The summed E-state index contributed by atoms with van der Waals surface area (Å²) in [6.45, 7) is 2.27. The van der Waals surface area contributed by atoms with Gasteiger partial charge in [-0.3, -0.25) is 0 Å². The number of aliphatic hydroxyl groups excluding tert-OH is 1. The van der Waals surface area contributed by atoms with Crippen molar-refractivity contribution in [3.8, 4) is 0 Å². The van der Waals surface area contributed by atoms with Crippen molar-refractivity contribution >= 4 is 0 Å². The Hall–Kier alpha value is -0.300. The van der Waals surface area contributed by atoms with Gasteiger partial charge in [-0.15, -0.1) is 0 Å². The Labute approximate surface area is 107 Å². The summed E-state index contributed by atoms with van der Waals surface area (Å²) in [5, 5.41) is 9.93. The van der Waals surface area contributed by atoms with Gasteiger partial charge in [0.15, 0.2) is 0 Å². The second-order valence-electron chi connectivity index (χ2n) is 5.74. The summed E-state index contributed by atoms with van der Waals surface area (Å²) in [5.74, 6) is 0.666. The van der Waals surface area contributed by atoms with E-state index < -0.39 is 0 Å². The molecule has 1 rings (SSSR count). The maximum absolute atomic E-state index is 9.93. The molecule has 100 valence electrons. The van der Waals surface area contributed by atoms with Crippen molar-refractivity contribution in [3.63, 3.8) is 0 Å². The van der Waals surface area contributed by atoms with Gasteiger partial charge in [-0.25, -0.2) is 0 Å². The van der Waals surface area contributed by atoms with E-state index in [1.807, 2.05) is 0 Å². The molecule has 2 unspecified atom stereocenters. The number of allylic oxidation sites excluding steroid dienone is 2. The number of rotatable bonds is 0. The molecule has 0 amide bonds. The van der Waals surface area contributed by atoms with E-state index in [-0.39, 0.29) is 6.10 Å². The molecule has 1 nitrogen and oxygen atoms in total. The van der Waals surface area contributed by atoms with Crippen LogP contribution in [0.15, 0.2) is 12.2 Å². The first-order chi connectivity index (χ1) is 8.29. The van der Waals surface area contributed by atoms with Gasteiger partial charge in [-0.2, -0.15) is 0 Å². The Morgan fingerprint density at radius 3 is 2.29 bits per heavy atom.